The molecule has 0 spiro atoms. The molecule has 0 saturated heterocycles. The Morgan fingerprint density at radius 3 is 3.07 bits per heavy atom. The highest BCUT2D eigenvalue weighted by Crippen LogP contribution is 2.32. The summed E-state index contributed by atoms with van der Waals surface area (Å²) in [5.41, 5.74) is 0.953. The molecule has 1 aliphatic rings. The number of benzene rings is 1. The van der Waals surface area contributed by atoms with Crippen LogP contribution in [0.4, 0.5) is 0 Å². The lowest BCUT2D eigenvalue weighted by Gasteiger charge is -2.06. The lowest BCUT2D eigenvalue weighted by molar-refractivity contribution is -0.138. The summed E-state index contributed by atoms with van der Waals surface area (Å²) in [6.07, 6.45) is 0.293. The number of aromatic hydroxyl groups is 1. The number of hydrogen-bond donors (Lipinski definition) is 2. The van der Waals surface area contributed by atoms with E-state index in [2.05, 4.69) is 0 Å². The number of carboxylic acid groups (broad SMARTS) is 1. The zero-order valence-electron chi connectivity index (χ0n) is 7.43. The summed E-state index contributed by atoms with van der Waals surface area (Å²) in [6.45, 7) is 0. The first-order chi connectivity index (χ1) is 6.65. The zero-order valence-corrected chi connectivity index (χ0v) is 7.43. The Kier molecular flexibility index (Phi) is 2.04. The van der Waals surface area contributed by atoms with Gasteiger partial charge in [-0.05, 0) is 11.6 Å². The van der Waals surface area contributed by atoms with Crippen LogP contribution in [0, 0.1) is 0 Å². The molecule has 2 rings (SSSR count). The predicted octanol–water partition coefficient (Wildman–Crippen LogP) is 1.17. The van der Waals surface area contributed by atoms with Crippen LogP contribution in [0.25, 0.3) is 0 Å². The summed E-state index contributed by atoms with van der Waals surface area (Å²) in [5, 5.41) is 17.7. The van der Waals surface area contributed by atoms with Crippen LogP contribution >= 0.6 is 0 Å². The molecule has 0 fully saturated rings. The van der Waals surface area contributed by atoms with Crippen molar-refractivity contribution in [2.75, 3.05) is 0 Å². The average Bonchev–Trinajstić information content (AvgIpc) is 2.44. The summed E-state index contributed by atoms with van der Waals surface area (Å²) >= 11 is 0. The molecule has 1 aliphatic heterocycles. The molecule has 0 aliphatic carbocycles. The van der Waals surface area contributed by atoms with E-state index in [0.717, 1.165) is 5.56 Å². The number of ether oxygens (including phenoxy) is 1. The first-order valence-corrected chi connectivity index (χ1v) is 4.35. The lowest BCUT2D eigenvalue weighted by Crippen LogP contribution is -2.17. The fourth-order valence-corrected chi connectivity index (χ4v) is 1.60. The molecule has 1 aromatic rings. The van der Waals surface area contributed by atoms with Crippen molar-refractivity contribution >= 4 is 5.97 Å². The molecule has 4 nitrogen and oxygen atoms in total. The van der Waals surface area contributed by atoms with Gasteiger partial charge in [0.1, 0.15) is 17.6 Å². The summed E-state index contributed by atoms with van der Waals surface area (Å²) in [6, 6.07) is 4.84. The molecule has 0 bridgehead atoms. The van der Waals surface area contributed by atoms with Crippen LogP contribution in [0.3, 0.4) is 0 Å². The Hall–Kier alpha value is -1.71. The van der Waals surface area contributed by atoms with Crippen molar-refractivity contribution in [3.63, 3.8) is 0 Å². The fourth-order valence-electron chi connectivity index (χ4n) is 1.60. The van der Waals surface area contributed by atoms with E-state index < -0.39 is 5.97 Å². The maximum Gasteiger partial charge on any atom is 0.307 e. The highest BCUT2D eigenvalue weighted by Gasteiger charge is 2.24. The average molecular weight is 194 g/mol. The van der Waals surface area contributed by atoms with Gasteiger partial charge in [0, 0.05) is 12.5 Å². The molecule has 1 atom stereocenters. The molecule has 0 unspecified atom stereocenters. The summed E-state index contributed by atoms with van der Waals surface area (Å²) in [5.74, 6) is -0.136. The van der Waals surface area contributed by atoms with Crippen molar-refractivity contribution in [1.82, 2.24) is 0 Å². The van der Waals surface area contributed by atoms with Crippen molar-refractivity contribution < 1.29 is 19.7 Å². The number of hydrogen-bond acceptors (Lipinski definition) is 3. The minimum Gasteiger partial charge on any atom is -0.508 e. The van der Waals surface area contributed by atoms with Crippen LogP contribution in [-0.2, 0) is 11.2 Å². The van der Waals surface area contributed by atoms with Gasteiger partial charge >= 0.3 is 5.97 Å². The van der Waals surface area contributed by atoms with Gasteiger partial charge in [-0.15, -0.1) is 0 Å². The van der Waals surface area contributed by atoms with Gasteiger partial charge in [0.2, 0.25) is 0 Å². The van der Waals surface area contributed by atoms with Crippen molar-refractivity contribution in [3.05, 3.63) is 23.8 Å². The van der Waals surface area contributed by atoms with Crippen LogP contribution in [0.5, 0.6) is 11.5 Å². The van der Waals surface area contributed by atoms with E-state index in [1.807, 2.05) is 0 Å². The monoisotopic (exact) mass is 194 g/mol. The minimum absolute atomic E-state index is 0.00452. The minimum atomic E-state index is -0.868. The highest BCUT2D eigenvalue weighted by molar-refractivity contribution is 5.67. The molecule has 14 heavy (non-hydrogen) atoms. The van der Waals surface area contributed by atoms with Gasteiger partial charge in [-0.2, -0.15) is 0 Å². The Morgan fingerprint density at radius 1 is 1.57 bits per heavy atom. The van der Waals surface area contributed by atoms with Crippen molar-refractivity contribution in [2.24, 2.45) is 0 Å². The molecule has 0 saturated carbocycles. The quantitative estimate of drug-likeness (QED) is 0.741. The van der Waals surface area contributed by atoms with Crippen LogP contribution in [0.1, 0.15) is 12.0 Å². The molecule has 0 aromatic heterocycles. The van der Waals surface area contributed by atoms with E-state index in [4.69, 9.17) is 14.9 Å². The first-order valence-electron chi connectivity index (χ1n) is 4.35. The molecule has 4 heteroatoms. The topological polar surface area (TPSA) is 66.8 Å². The van der Waals surface area contributed by atoms with E-state index in [1.54, 1.807) is 12.1 Å². The van der Waals surface area contributed by atoms with Crippen LogP contribution < -0.4 is 4.74 Å². The van der Waals surface area contributed by atoms with Crippen LogP contribution in [0.2, 0.25) is 0 Å². The molecule has 2 N–H and O–H groups in total. The molecule has 0 amide bonds. The Morgan fingerprint density at radius 2 is 2.36 bits per heavy atom. The third-order valence-electron chi connectivity index (χ3n) is 2.19. The Balaban J connectivity index is 2.14. The number of phenols is 1. The van der Waals surface area contributed by atoms with Gasteiger partial charge in [0.05, 0.1) is 6.42 Å². The van der Waals surface area contributed by atoms with Gasteiger partial charge in [0.15, 0.2) is 0 Å². The number of rotatable bonds is 2. The third kappa shape index (κ3) is 1.64. The van der Waals surface area contributed by atoms with E-state index in [0.29, 0.717) is 12.2 Å². The van der Waals surface area contributed by atoms with E-state index >= 15 is 0 Å². The number of fused-ring (bicyclic) bond motifs is 1. The normalized spacial score (nSPS) is 18.7. The predicted molar refractivity (Wildman–Crippen MR) is 48.5 cm³/mol. The van der Waals surface area contributed by atoms with Gasteiger partial charge in [-0.3, -0.25) is 4.79 Å². The summed E-state index contributed by atoms with van der Waals surface area (Å²) < 4.78 is 5.36. The van der Waals surface area contributed by atoms with Crippen molar-refractivity contribution in [2.45, 2.75) is 18.9 Å². The smallest absolute Gasteiger partial charge is 0.307 e. The molecule has 0 radical (unpaired) electrons. The zero-order chi connectivity index (χ0) is 10.1. The molecular weight excluding hydrogens is 184 g/mol. The first kappa shape index (κ1) is 8.87. The van der Waals surface area contributed by atoms with E-state index in [9.17, 15) is 4.79 Å². The van der Waals surface area contributed by atoms with Crippen molar-refractivity contribution in [3.8, 4) is 11.5 Å². The van der Waals surface area contributed by atoms with E-state index in [1.165, 1.54) is 6.07 Å². The van der Waals surface area contributed by atoms with Crippen LogP contribution in [0.15, 0.2) is 18.2 Å². The Labute approximate surface area is 80.7 Å². The summed E-state index contributed by atoms with van der Waals surface area (Å²) in [4.78, 5) is 10.4. The second-order valence-corrected chi connectivity index (χ2v) is 3.33. The van der Waals surface area contributed by atoms with Crippen LogP contribution in [-0.4, -0.2) is 22.3 Å². The van der Waals surface area contributed by atoms with Gasteiger partial charge < -0.3 is 14.9 Å². The SMILES string of the molecule is O=C(O)C[C@H]1Cc2ccc(O)cc2O1. The number of carboxylic acids is 1. The van der Waals surface area contributed by atoms with Gasteiger partial charge in [-0.1, -0.05) is 6.07 Å². The largest absolute Gasteiger partial charge is 0.508 e. The number of aliphatic carboxylic acids is 1. The van der Waals surface area contributed by atoms with Crippen molar-refractivity contribution in [1.29, 1.82) is 0 Å². The maximum atomic E-state index is 10.4. The highest BCUT2D eigenvalue weighted by atomic mass is 16.5. The second-order valence-electron chi connectivity index (χ2n) is 3.33. The molecule has 74 valence electrons. The second kappa shape index (κ2) is 3.21. The van der Waals surface area contributed by atoms with Gasteiger partial charge in [0.25, 0.3) is 0 Å². The fraction of sp³-hybridized carbons (Fsp3) is 0.300. The maximum absolute atomic E-state index is 10.4. The molecule has 1 aromatic carbocycles. The van der Waals surface area contributed by atoms with E-state index in [-0.39, 0.29) is 18.3 Å². The summed E-state index contributed by atoms with van der Waals surface area (Å²) in [7, 11) is 0. The number of phenolic OH excluding ortho intramolecular Hbond substituents is 1. The lowest BCUT2D eigenvalue weighted by atomic mass is 10.1. The standard InChI is InChI=1S/C10H10O4/c11-7-2-1-6-3-8(5-10(12)13)14-9(6)4-7/h1-2,4,8,11H,3,5H2,(H,12,13)/t8-/m1/s1. The molecular formula is C10H10O4. The molecule has 1 heterocycles. The number of carbonyl (C=O) groups is 1. The van der Waals surface area contributed by atoms with Gasteiger partial charge in [-0.25, -0.2) is 0 Å². The third-order valence-corrected chi connectivity index (χ3v) is 2.19. The Bertz CT molecular complexity index is 372.